The van der Waals surface area contributed by atoms with E-state index in [9.17, 15) is 0 Å². The van der Waals surface area contributed by atoms with Gasteiger partial charge in [0.05, 0.1) is 6.04 Å². The lowest BCUT2D eigenvalue weighted by Gasteiger charge is -2.47. The number of anilines is 2. The molecule has 3 aliphatic carbocycles. The number of hydrogen-bond donors (Lipinski definition) is 1. The van der Waals surface area contributed by atoms with Crippen LogP contribution < -0.4 is 10.2 Å². The van der Waals surface area contributed by atoms with Crippen LogP contribution >= 0.6 is 0 Å². The van der Waals surface area contributed by atoms with Crippen LogP contribution in [0.15, 0.2) is 30.3 Å². The summed E-state index contributed by atoms with van der Waals surface area (Å²) in [6, 6.07) is 12.4. The maximum atomic E-state index is 5.08. The Kier molecular flexibility index (Phi) is 4.06. The number of benzene rings is 1. The fourth-order valence-electron chi connectivity index (χ4n) is 5.64. The highest BCUT2D eigenvalue weighted by atomic mass is 15.2. The zero-order valence-electron chi connectivity index (χ0n) is 16.6. The molecule has 2 saturated carbocycles. The highest BCUT2D eigenvalue weighted by Crippen LogP contribution is 2.48. The fourth-order valence-corrected chi connectivity index (χ4v) is 5.64. The van der Waals surface area contributed by atoms with Crippen molar-refractivity contribution >= 4 is 11.6 Å². The summed E-state index contributed by atoms with van der Waals surface area (Å²) in [6.07, 6.45) is 11.7. The lowest BCUT2D eigenvalue weighted by atomic mass is 9.75. The molecule has 146 valence electrons. The molecule has 2 aromatic rings. The van der Waals surface area contributed by atoms with Crippen LogP contribution in [0.5, 0.6) is 0 Å². The van der Waals surface area contributed by atoms with Crippen molar-refractivity contribution in [2.24, 2.45) is 0 Å². The molecule has 4 heteroatoms. The molecule has 4 nitrogen and oxygen atoms in total. The molecule has 1 saturated heterocycles. The first-order valence-corrected chi connectivity index (χ1v) is 11.4. The van der Waals surface area contributed by atoms with E-state index in [-0.39, 0.29) is 0 Å². The monoisotopic (exact) mass is 374 g/mol. The minimum atomic E-state index is 0.477. The van der Waals surface area contributed by atoms with Crippen LogP contribution in [0.4, 0.5) is 11.6 Å². The van der Waals surface area contributed by atoms with E-state index >= 15 is 0 Å². The van der Waals surface area contributed by atoms with Gasteiger partial charge in [-0.15, -0.1) is 0 Å². The first-order chi connectivity index (χ1) is 13.8. The van der Waals surface area contributed by atoms with Crippen LogP contribution in [-0.4, -0.2) is 22.6 Å². The average molecular weight is 375 g/mol. The molecule has 3 heterocycles. The first-order valence-electron chi connectivity index (χ1n) is 11.4. The highest BCUT2D eigenvalue weighted by molar-refractivity contribution is 5.56. The average Bonchev–Trinajstić information content (AvgIpc) is 3.60. The van der Waals surface area contributed by atoms with Crippen molar-refractivity contribution in [3.8, 4) is 0 Å². The molecule has 0 radical (unpaired) electrons. The number of piperidine rings is 1. The molecule has 0 amide bonds. The Morgan fingerprint density at radius 1 is 0.821 bits per heavy atom. The summed E-state index contributed by atoms with van der Waals surface area (Å²) in [4.78, 5) is 12.6. The van der Waals surface area contributed by atoms with Gasteiger partial charge in [-0.1, -0.05) is 43.5 Å². The highest BCUT2D eigenvalue weighted by Gasteiger charge is 2.39. The van der Waals surface area contributed by atoms with Gasteiger partial charge in [0.1, 0.15) is 17.5 Å². The van der Waals surface area contributed by atoms with E-state index in [1.54, 1.807) is 5.56 Å². The minimum absolute atomic E-state index is 0.477. The Morgan fingerprint density at radius 2 is 1.61 bits per heavy atom. The van der Waals surface area contributed by atoms with Crippen molar-refractivity contribution in [2.75, 3.05) is 16.8 Å². The Labute approximate surface area is 167 Å². The van der Waals surface area contributed by atoms with Gasteiger partial charge in [-0.05, 0) is 49.7 Å². The van der Waals surface area contributed by atoms with Crippen molar-refractivity contribution in [3.05, 3.63) is 47.3 Å². The van der Waals surface area contributed by atoms with Gasteiger partial charge >= 0.3 is 0 Å². The molecular weight excluding hydrogens is 344 g/mol. The second-order valence-corrected chi connectivity index (χ2v) is 9.29. The number of rotatable bonds is 4. The molecule has 1 aromatic carbocycles. The van der Waals surface area contributed by atoms with Gasteiger partial charge in [-0.2, -0.15) is 0 Å². The van der Waals surface area contributed by atoms with E-state index in [0.717, 1.165) is 24.0 Å². The van der Waals surface area contributed by atoms with Crippen LogP contribution in [-0.2, 0) is 0 Å². The zero-order chi connectivity index (χ0) is 18.5. The predicted molar refractivity (Wildman–Crippen MR) is 113 cm³/mol. The Morgan fingerprint density at radius 3 is 2.43 bits per heavy atom. The van der Waals surface area contributed by atoms with Gasteiger partial charge in [0.2, 0.25) is 0 Å². The summed E-state index contributed by atoms with van der Waals surface area (Å²) < 4.78 is 0. The molecule has 0 spiro atoms. The smallest absolute Gasteiger partial charge is 0.136 e. The summed E-state index contributed by atoms with van der Waals surface area (Å²) in [5, 5.41) is 3.77. The van der Waals surface area contributed by atoms with Crippen LogP contribution in [0, 0.1) is 0 Å². The maximum absolute atomic E-state index is 5.08. The molecular formula is C24H30N4. The van der Waals surface area contributed by atoms with Crippen molar-refractivity contribution in [2.45, 2.75) is 81.7 Å². The standard InChI is InChI=1S/C24H30N4/c1-2-6-18(7-3-1)25-22-14-23(27-24(26-22)16-10-11-16)28-15-17-12-13-21(28)20-9-5-4-8-19(17)20/h4-5,8-9,14,16-18,21H,1-3,6-7,10-13,15H2,(H,25,26,27)/t17-,21+/m0/s1. The summed E-state index contributed by atoms with van der Waals surface area (Å²) in [5.41, 5.74) is 3.10. The van der Waals surface area contributed by atoms with Crippen LogP contribution in [0.1, 0.15) is 92.6 Å². The zero-order valence-corrected chi connectivity index (χ0v) is 16.6. The van der Waals surface area contributed by atoms with Crippen molar-refractivity contribution in [3.63, 3.8) is 0 Å². The van der Waals surface area contributed by atoms with Crippen molar-refractivity contribution in [1.29, 1.82) is 0 Å². The van der Waals surface area contributed by atoms with E-state index in [4.69, 9.17) is 9.97 Å². The minimum Gasteiger partial charge on any atom is -0.367 e. The number of nitrogens with one attached hydrogen (secondary N) is 1. The summed E-state index contributed by atoms with van der Waals surface area (Å²) in [7, 11) is 0. The topological polar surface area (TPSA) is 41.0 Å². The van der Waals surface area contributed by atoms with Crippen LogP contribution in [0.2, 0.25) is 0 Å². The number of aromatic nitrogens is 2. The second-order valence-electron chi connectivity index (χ2n) is 9.29. The van der Waals surface area contributed by atoms with Crippen molar-refractivity contribution < 1.29 is 0 Å². The van der Waals surface area contributed by atoms with E-state index in [1.165, 1.54) is 63.4 Å². The van der Waals surface area contributed by atoms with Gasteiger partial charge in [-0.3, -0.25) is 0 Å². The molecule has 7 rings (SSSR count). The van der Waals surface area contributed by atoms with Crippen molar-refractivity contribution in [1.82, 2.24) is 9.97 Å². The summed E-state index contributed by atoms with van der Waals surface area (Å²) in [5.74, 6) is 4.52. The third-order valence-electron chi connectivity index (χ3n) is 7.30. The Hall–Kier alpha value is -2.10. The quantitative estimate of drug-likeness (QED) is 0.763. The summed E-state index contributed by atoms with van der Waals surface area (Å²) in [6.45, 7) is 1.10. The van der Waals surface area contributed by atoms with Gasteiger partial charge in [0, 0.05) is 30.5 Å². The molecule has 2 bridgehead atoms. The molecule has 28 heavy (non-hydrogen) atoms. The second kappa shape index (κ2) is 6.75. The Balaban J connectivity index is 1.34. The van der Waals surface area contributed by atoms with Gasteiger partial charge in [0.25, 0.3) is 0 Å². The third kappa shape index (κ3) is 2.98. The van der Waals surface area contributed by atoms with Crippen LogP contribution in [0.25, 0.3) is 0 Å². The normalized spacial score (nSPS) is 26.9. The molecule has 2 aliphatic heterocycles. The van der Waals surface area contributed by atoms with E-state index in [2.05, 4.69) is 40.5 Å². The SMILES string of the molecule is c1ccc2c(c1)[C@H]1CC[C@H]2N(c2cc(NC3CCCCC3)nc(C3CC3)n2)C1. The van der Waals surface area contributed by atoms with Gasteiger partial charge < -0.3 is 10.2 Å². The lowest BCUT2D eigenvalue weighted by molar-refractivity contribution is 0.387. The lowest BCUT2D eigenvalue weighted by Crippen LogP contribution is -2.43. The first kappa shape index (κ1) is 16.8. The molecule has 2 atom stereocenters. The van der Waals surface area contributed by atoms with Crippen LogP contribution in [0.3, 0.4) is 0 Å². The Bertz CT molecular complexity index is 869. The van der Waals surface area contributed by atoms with Gasteiger partial charge in [-0.25, -0.2) is 9.97 Å². The van der Waals surface area contributed by atoms with E-state index in [0.29, 0.717) is 23.9 Å². The van der Waals surface area contributed by atoms with Gasteiger partial charge in [0.15, 0.2) is 0 Å². The number of hydrogen-bond acceptors (Lipinski definition) is 4. The molecule has 0 unspecified atom stereocenters. The fraction of sp³-hybridized carbons (Fsp3) is 0.583. The summed E-state index contributed by atoms with van der Waals surface area (Å²) >= 11 is 0. The van der Waals surface area contributed by atoms with E-state index < -0.39 is 0 Å². The maximum Gasteiger partial charge on any atom is 0.136 e. The molecule has 1 N–H and O–H groups in total. The number of nitrogens with zero attached hydrogens (tertiary/aromatic N) is 3. The largest absolute Gasteiger partial charge is 0.367 e. The molecule has 5 aliphatic rings. The van der Waals surface area contributed by atoms with E-state index in [1.807, 2.05) is 0 Å². The molecule has 3 fully saturated rings. The predicted octanol–water partition coefficient (Wildman–Crippen LogP) is 5.54. The number of fused-ring (bicyclic) bond motifs is 2. The third-order valence-corrected chi connectivity index (χ3v) is 7.30. The molecule has 1 aromatic heterocycles.